The van der Waals surface area contributed by atoms with E-state index in [4.69, 9.17) is 0 Å². The van der Waals surface area contributed by atoms with Gasteiger partial charge in [0.2, 0.25) is 5.91 Å². The number of aromatic nitrogens is 1. The van der Waals surface area contributed by atoms with Gasteiger partial charge in [0, 0.05) is 36.3 Å². The van der Waals surface area contributed by atoms with E-state index < -0.39 is 6.10 Å². The number of amides is 1. The lowest BCUT2D eigenvalue weighted by atomic mass is 10.1. The Morgan fingerprint density at radius 2 is 2.26 bits per heavy atom. The molecule has 3 rings (SSSR count). The molecule has 23 heavy (non-hydrogen) atoms. The Kier molecular flexibility index (Phi) is 4.60. The van der Waals surface area contributed by atoms with Crippen molar-refractivity contribution in [1.82, 2.24) is 9.88 Å². The Bertz CT molecular complexity index is 834. The first-order valence-electron chi connectivity index (χ1n) is 7.36. The lowest BCUT2D eigenvalue weighted by molar-refractivity contribution is -0.116. The molecule has 3 aromatic rings. The summed E-state index contributed by atoms with van der Waals surface area (Å²) in [4.78, 5) is 12.8. The van der Waals surface area contributed by atoms with Crippen LogP contribution in [0.25, 0.3) is 17.0 Å². The van der Waals surface area contributed by atoms with E-state index in [-0.39, 0.29) is 12.5 Å². The fourth-order valence-corrected chi connectivity index (χ4v) is 3.04. The normalized spacial score (nSPS) is 12.8. The van der Waals surface area contributed by atoms with Crippen molar-refractivity contribution in [3.05, 3.63) is 64.5 Å². The van der Waals surface area contributed by atoms with Gasteiger partial charge >= 0.3 is 0 Å². The zero-order valence-corrected chi connectivity index (χ0v) is 13.6. The predicted octanol–water partition coefficient (Wildman–Crippen LogP) is 3.10. The standard InChI is InChI=1S/C18H18N2O2S/c1-20-9-8-13-11-14(4-6-16(13)20)17(21)12-19-18(22)7-5-15-3-2-10-23-15/h2-11,17,21H,12H2,1H3,(H,19,22). The molecule has 1 aromatic carbocycles. The SMILES string of the molecule is Cn1ccc2cc(C(O)CNC(=O)C=Cc3cccs3)ccc21. The number of hydrogen-bond donors (Lipinski definition) is 2. The summed E-state index contributed by atoms with van der Waals surface area (Å²) in [7, 11) is 1.98. The molecular weight excluding hydrogens is 308 g/mol. The van der Waals surface area contributed by atoms with Gasteiger partial charge in [-0.15, -0.1) is 11.3 Å². The van der Waals surface area contributed by atoms with Crippen molar-refractivity contribution >= 4 is 34.2 Å². The van der Waals surface area contributed by atoms with E-state index in [1.807, 2.05) is 59.6 Å². The van der Waals surface area contributed by atoms with Crippen LogP contribution < -0.4 is 5.32 Å². The number of aliphatic hydroxyl groups is 1. The smallest absolute Gasteiger partial charge is 0.244 e. The highest BCUT2D eigenvalue weighted by Gasteiger charge is 2.10. The topological polar surface area (TPSA) is 54.3 Å². The van der Waals surface area contributed by atoms with Crippen molar-refractivity contribution in [2.45, 2.75) is 6.10 Å². The lowest BCUT2D eigenvalue weighted by Crippen LogP contribution is -2.26. The van der Waals surface area contributed by atoms with Crippen molar-refractivity contribution in [2.24, 2.45) is 7.05 Å². The Morgan fingerprint density at radius 1 is 1.39 bits per heavy atom. The van der Waals surface area contributed by atoms with Crippen LogP contribution in [-0.2, 0) is 11.8 Å². The molecule has 2 aromatic heterocycles. The molecule has 1 atom stereocenters. The van der Waals surface area contributed by atoms with Crippen molar-refractivity contribution in [3.63, 3.8) is 0 Å². The predicted molar refractivity (Wildman–Crippen MR) is 94.2 cm³/mol. The van der Waals surface area contributed by atoms with Gasteiger partial charge in [-0.2, -0.15) is 0 Å². The number of carbonyl (C=O) groups is 1. The number of rotatable bonds is 5. The number of nitrogens with zero attached hydrogens (tertiary/aromatic N) is 1. The van der Waals surface area contributed by atoms with Crippen molar-refractivity contribution in [3.8, 4) is 0 Å². The van der Waals surface area contributed by atoms with E-state index in [1.165, 1.54) is 6.08 Å². The van der Waals surface area contributed by atoms with Crippen LogP contribution in [0.3, 0.4) is 0 Å². The number of aliphatic hydroxyl groups excluding tert-OH is 1. The third-order valence-corrected chi connectivity index (χ3v) is 4.54. The van der Waals surface area contributed by atoms with Crippen molar-refractivity contribution in [1.29, 1.82) is 0 Å². The molecule has 0 aliphatic carbocycles. The van der Waals surface area contributed by atoms with E-state index >= 15 is 0 Å². The average molecular weight is 326 g/mol. The van der Waals surface area contributed by atoms with E-state index in [9.17, 15) is 9.90 Å². The maximum atomic E-state index is 11.8. The highest BCUT2D eigenvalue weighted by molar-refractivity contribution is 7.10. The molecule has 0 spiro atoms. The molecule has 2 heterocycles. The Hall–Kier alpha value is -2.37. The Labute approximate surface area is 138 Å². The second kappa shape index (κ2) is 6.81. The van der Waals surface area contributed by atoms with Crippen LogP contribution in [0.1, 0.15) is 16.5 Å². The molecule has 0 bridgehead atoms. The molecule has 0 aliphatic rings. The Morgan fingerprint density at radius 3 is 3.04 bits per heavy atom. The van der Waals surface area contributed by atoms with Gasteiger partial charge in [-0.3, -0.25) is 4.79 Å². The number of hydrogen-bond acceptors (Lipinski definition) is 3. The van der Waals surface area contributed by atoms with Gasteiger partial charge in [-0.05, 0) is 46.7 Å². The highest BCUT2D eigenvalue weighted by Crippen LogP contribution is 2.20. The summed E-state index contributed by atoms with van der Waals surface area (Å²) in [6, 6.07) is 11.7. The quantitative estimate of drug-likeness (QED) is 0.708. The van der Waals surface area contributed by atoms with Crippen LogP contribution in [0.5, 0.6) is 0 Å². The first kappa shape index (κ1) is 15.5. The fourth-order valence-electron chi connectivity index (χ4n) is 2.43. The molecule has 4 nitrogen and oxygen atoms in total. The maximum absolute atomic E-state index is 11.8. The lowest BCUT2D eigenvalue weighted by Gasteiger charge is -2.12. The molecule has 1 unspecified atom stereocenters. The summed E-state index contributed by atoms with van der Waals surface area (Å²) >= 11 is 1.57. The van der Waals surface area contributed by atoms with Crippen LogP contribution in [0.2, 0.25) is 0 Å². The minimum absolute atomic E-state index is 0.186. The molecule has 118 valence electrons. The van der Waals surface area contributed by atoms with E-state index in [0.717, 1.165) is 21.3 Å². The van der Waals surface area contributed by atoms with Crippen LogP contribution in [0.4, 0.5) is 0 Å². The van der Waals surface area contributed by atoms with Gasteiger partial charge in [0.15, 0.2) is 0 Å². The van der Waals surface area contributed by atoms with E-state index in [2.05, 4.69) is 5.32 Å². The summed E-state index contributed by atoms with van der Waals surface area (Å²) in [5, 5.41) is 16.0. The minimum atomic E-state index is -0.723. The minimum Gasteiger partial charge on any atom is -0.387 e. The highest BCUT2D eigenvalue weighted by atomic mass is 32.1. The third kappa shape index (κ3) is 3.70. The average Bonchev–Trinajstić information content (AvgIpc) is 3.20. The molecule has 5 heteroatoms. The number of carbonyl (C=O) groups excluding carboxylic acids is 1. The first-order chi connectivity index (χ1) is 11.1. The summed E-state index contributed by atoms with van der Waals surface area (Å²) in [6.07, 6.45) is 4.51. The third-order valence-electron chi connectivity index (χ3n) is 3.71. The first-order valence-corrected chi connectivity index (χ1v) is 8.24. The van der Waals surface area contributed by atoms with Crippen LogP contribution in [0, 0.1) is 0 Å². The summed E-state index contributed by atoms with van der Waals surface area (Å²) in [5.74, 6) is -0.210. The molecule has 0 aliphatic heterocycles. The molecule has 0 saturated heterocycles. The van der Waals surface area contributed by atoms with Crippen LogP contribution in [0.15, 0.2) is 54.1 Å². The molecule has 0 radical (unpaired) electrons. The number of fused-ring (bicyclic) bond motifs is 1. The zero-order valence-electron chi connectivity index (χ0n) is 12.8. The van der Waals surface area contributed by atoms with Crippen LogP contribution >= 0.6 is 11.3 Å². The van der Waals surface area contributed by atoms with Gasteiger partial charge in [0.1, 0.15) is 0 Å². The van der Waals surface area contributed by atoms with Gasteiger partial charge in [0.25, 0.3) is 0 Å². The summed E-state index contributed by atoms with van der Waals surface area (Å²) in [5.41, 5.74) is 1.91. The van der Waals surface area contributed by atoms with Gasteiger partial charge < -0.3 is 15.0 Å². The van der Waals surface area contributed by atoms with E-state index in [1.54, 1.807) is 17.4 Å². The van der Waals surface area contributed by atoms with Crippen molar-refractivity contribution < 1.29 is 9.90 Å². The van der Waals surface area contributed by atoms with Gasteiger partial charge in [-0.25, -0.2) is 0 Å². The zero-order chi connectivity index (χ0) is 16.2. The number of nitrogens with one attached hydrogen (secondary N) is 1. The largest absolute Gasteiger partial charge is 0.387 e. The second-order valence-electron chi connectivity index (χ2n) is 5.35. The second-order valence-corrected chi connectivity index (χ2v) is 6.33. The Balaban J connectivity index is 1.59. The summed E-state index contributed by atoms with van der Waals surface area (Å²) < 4.78 is 2.03. The molecule has 0 saturated carbocycles. The number of benzene rings is 1. The molecular formula is C18H18N2O2S. The summed E-state index contributed by atoms with van der Waals surface area (Å²) in [6.45, 7) is 0.186. The molecule has 0 fully saturated rings. The molecule has 1 amide bonds. The fraction of sp³-hybridized carbons (Fsp3) is 0.167. The van der Waals surface area contributed by atoms with Gasteiger partial charge in [-0.1, -0.05) is 12.1 Å². The number of thiophene rings is 1. The van der Waals surface area contributed by atoms with Crippen molar-refractivity contribution in [2.75, 3.05) is 6.54 Å². The van der Waals surface area contributed by atoms with Crippen LogP contribution in [-0.4, -0.2) is 22.1 Å². The van der Waals surface area contributed by atoms with Gasteiger partial charge in [0.05, 0.1) is 6.10 Å². The van der Waals surface area contributed by atoms with E-state index in [0.29, 0.717) is 0 Å². The monoisotopic (exact) mass is 326 g/mol. The molecule has 2 N–H and O–H groups in total. The maximum Gasteiger partial charge on any atom is 0.244 e. The number of aryl methyl sites for hydroxylation is 1.